The van der Waals surface area contributed by atoms with Crippen LogP contribution in [0, 0.1) is 11.3 Å². The van der Waals surface area contributed by atoms with Crippen LogP contribution in [0.5, 0.6) is 0 Å². The van der Waals surface area contributed by atoms with Crippen molar-refractivity contribution in [2.45, 2.75) is 63.8 Å². The Kier molecular flexibility index (Phi) is 6.74. The minimum absolute atomic E-state index is 0.0643. The lowest BCUT2D eigenvalue weighted by atomic mass is 9.85. The molecule has 0 bridgehead atoms. The van der Waals surface area contributed by atoms with Gasteiger partial charge in [0, 0.05) is 6.61 Å². The molecule has 0 heterocycles. The molecule has 0 aromatic rings. The number of nitrogens with one attached hydrogen (secondary N) is 1. The van der Waals surface area contributed by atoms with E-state index in [2.05, 4.69) is 11.4 Å². The van der Waals surface area contributed by atoms with Crippen LogP contribution >= 0.6 is 0 Å². The van der Waals surface area contributed by atoms with Gasteiger partial charge in [0.25, 0.3) is 0 Å². The fourth-order valence-corrected chi connectivity index (χ4v) is 2.41. The molecule has 4 heteroatoms. The summed E-state index contributed by atoms with van der Waals surface area (Å²) in [4.78, 5) is 11.8. The van der Waals surface area contributed by atoms with Crippen LogP contribution in [0.3, 0.4) is 0 Å². The molecule has 0 atom stereocenters. The minimum Gasteiger partial charge on any atom is -0.381 e. The van der Waals surface area contributed by atoms with Gasteiger partial charge in [0.1, 0.15) is 5.54 Å². The molecule has 0 spiro atoms. The van der Waals surface area contributed by atoms with Gasteiger partial charge >= 0.3 is 0 Å². The van der Waals surface area contributed by atoms with E-state index in [9.17, 15) is 10.1 Å². The van der Waals surface area contributed by atoms with Crippen molar-refractivity contribution in [1.82, 2.24) is 5.32 Å². The molecule has 1 fully saturated rings. The van der Waals surface area contributed by atoms with Crippen LogP contribution in [-0.2, 0) is 9.53 Å². The maximum atomic E-state index is 11.8. The largest absolute Gasteiger partial charge is 0.381 e. The van der Waals surface area contributed by atoms with Gasteiger partial charge in [-0.05, 0) is 19.8 Å². The van der Waals surface area contributed by atoms with Crippen molar-refractivity contribution in [2.75, 3.05) is 13.2 Å². The van der Waals surface area contributed by atoms with Gasteiger partial charge in [-0.1, -0.05) is 32.1 Å². The van der Waals surface area contributed by atoms with E-state index >= 15 is 0 Å². The number of rotatable bonds is 5. The quantitative estimate of drug-likeness (QED) is 0.765. The fourth-order valence-electron chi connectivity index (χ4n) is 2.41. The van der Waals surface area contributed by atoms with Crippen molar-refractivity contribution >= 4 is 5.91 Å². The Bertz CT molecular complexity index is 289. The van der Waals surface area contributed by atoms with Gasteiger partial charge < -0.3 is 10.1 Å². The average Bonchev–Trinajstić information content (AvgIpc) is 2.33. The SMILES string of the molecule is CCOCCC(=O)NC1(C#N)CCCCCCC1. The Morgan fingerprint density at radius 1 is 1.28 bits per heavy atom. The van der Waals surface area contributed by atoms with Crippen LogP contribution in [0.15, 0.2) is 0 Å². The van der Waals surface area contributed by atoms with Gasteiger partial charge in [0.15, 0.2) is 0 Å². The first-order valence-corrected chi connectivity index (χ1v) is 7.02. The third kappa shape index (κ3) is 5.05. The molecule has 0 aliphatic heterocycles. The van der Waals surface area contributed by atoms with Crippen molar-refractivity contribution in [3.8, 4) is 6.07 Å². The van der Waals surface area contributed by atoms with E-state index in [1.807, 2.05) is 6.92 Å². The molecule has 0 aromatic carbocycles. The second kappa shape index (κ2) is 8.10. The number of nitriles is 1. The van der Waals surface area contributed by atoms with Gasteiger partial charge in [-0.3, -0.25) is 4.79 Å². The van der Waals surface area contributed by atoms with Crippen LogP contribution in [-0.4, -0.2) is 24.7 Å². The summed E-state index contributed by atoms with van der Waals surface area (Å²) in [5.41, 5.74) is -0.635. The number of amides is 1. The highest BCUT2D eigenvalue weighted by Gasteiger charge is 2.31. The molecule has 0 radical (unpaired) electrons. The molecule has 1 aliphatic rings. The summed E-state index contributed by atoms with van der Waals surface area (Å²) in [7, 11) is 0. The molecule has 1 rings (SSSR count). The normalized spacial score (nSPS) is 19.3. The Hall–Kier alpha value is -1.08. The third-order valence-electron chi connectivity index (χ3n) is 3.48. The topological polar surface area (TPSA) is 62.1 Å². The second-order valence-electron chi connectivity index (χ2n) is 4.96. The number of nitrogens with zero attached hydrogens (tertiary/aromatic N) is 1. The molecule has 18 heavy (non-hydrogen) atoms. The Labute approximate surface area is 110 Å². The van der Waals surface area contributed by atoms with Crippen LogP contribution in [0.1, 0.15) is 58.3 Å². The van der Waals surface area contributed by atoms with E-state index in [1.54, 1.807) is 0 Å². The molecule has 102 valence electrons. The predicted molar refractivity (Wildman–Crippen MR) is 69.9 cm³/mol. The molecular formula is C14H24N2O2. The lowest BCUT2D eigenvalue weighted by Gasteiger charge is -2.29. The van der Waals surface area contributed by atoms with E-state index < -0.39 is 5.54 Å². The van der Waals surface area contributed by atoms with Gasteiger partial charge in [-0.15, -0.1) is 0 Å². The van der Waals surface area contributed by atoms with Crippen molar-refractivity contribution in [1.29, 1.82) is 5.26 Å². The Balaban J connectivity index is 2.47. The van der Waals surface area contributed by atoms with Gasteiger partial charge in [-0.25, -0.2) is 0 Å². The lowest BCUT2D eigenvalue weighted by molar-refractivity contribution is -0.123. The van der Waals surface area contributed by atoms with Crippen molar-refractivity contribution in [3.05, 3.63) is 0 Å². The highest BCUT2D eigenvalue weighted by atomic mass is 16.5. The standard InChI is InChI=1S/C14H24N2O2/c1-2-18-11-8-13(17)16-14(12-15)9-6-4-3-5-7-10-14/h2-11H2,1H3,(H,16,17). The zero-order chi connectivity index (χ0) is 13.3. The van der Waals surface area contributed by atoms with Crippen molar-refractivity contribution in [3.63, 3.8) is 0 Å². The van der Waals surface area contributed by atoms with E-state index in [0.29, 0.717) is 19.6 Å². The smallest absolute Gasteiger partial charge is 0.223 e. The minimum atomic E-state index is -0.635. The van der Waals surface area contributed by atoms with E-state index in [0.717, 1.165) is 38.5 Å². The number of hydrogen-bond donors (Lipinski definition) is 1. The monoisotopic (exact) mass is 252 g/mol. The fraction of sp³-hybridized carbons (Fsp3) is 0.857. The molecule has 4 nitrogen and oxygen atoms in total. The first kappa shape index (κ1) is 15.0. The van der Waals surface area contributed by atoms with E-state index in [-0.39, 0.29) is 5.91 Å². The van der Waals surface area contributed by atoms with Crippen LogP contribution in [0.2, 0.25) is 0 Å². The average molecular weight is 252 g/mol. The summed E-state index contributed by atoms with van der Waals surface area (Å²) < 4.78 is 5.16. The molecule has 0 aromatic heterocycles. The molecular weight excluding hydrogens is 228 g/mol. The number of ether oxygens (including phenoxy) is 1. The lowest BCUT2D eigenvalue weighted by Crippen LogP contribution is -2.48. The maximum absolute atomic E-state index is 11.8. The van der Waals surface area contributed by atoms with Gasteiger partial charge in [0.2, 0.25) is 5.91 Å². The maximum Gasteiger partial charge on any atom is 0.223 e. The van der Waals surface area contributed by atoms with Crippen LogP contribution in [0.25, 0.3) is 0 Å². The highest BCUT2D eigenvalue weighted by molar-refractivity contribution is 5.77. The van der Waals surface area contributed by atoms with Crippen molar-refractivity contribution in [2.24, 2.45) is 0 Å². The summed E-state index contributed by atoms with van der Waals surface area (Å²) in [6, 6.07) is 2.33. The molecule has 1 N–H and O–H groups in total. The van der Waals surface area contributed by atoms with Crippen LogP contribution in [0.4, 0.5) is 0 Å². The Morgan fingerprint density at radius 3 is 2.44 bits per heavy atom. The zero-order valence-electron chi connectivity index (χ0n) is 11.3. The summed E-state index contributed by atoms with van der Waals surface area (Å²) in [5, 5.41) is 12.3. The first-order chi connectivity index (χ1) is 8.72. The molecule has 1 aliphatic carbocycles. The highest BCUT2D eigenvalue weighted by Crippen LogP contribution is 2.25. The predicted octanol–water partition coefficient (Wildman–Crippen LogP) is 2.54. The van der Waals surface area contributed by atoms with Crippen molar-refractivity contribution < 1.29 is 9.53 Å². The summed E-state index contributed by atoms with van der Waals surface area (Å²) in [6.45, 7) is 2.96. The van der Waals surface area contributed by atoms with Gasteiger partial charge in [0.05, 0.1) is 19.1 Å². The van der Waals surface area contributed by atoms with E-state index in [4.69, 9.17) is 4.74 Å². The molecule has 1 amide bonds. The van der Waals surface area contributed by atoms with Crippen LogP contribution < -0.4 is 5.32 Å². The first-order valence-electron chi connectivity index (χ1n) is 7.02. The number of hydrogen-bond acceptors (Lipinski definition) is 3. The summed E-state index contributed by atoms with van der Waals surface area (Å²) in [6.07, 6.45) is 7.54. The number of carbonyl (C=O) groups excluding carboxylic acids is 1. The van der Waals surface area contributed by atoms with Gasteiger partial charge in [-0.2, -0.15) is 5.26 Å². The second-order valence-corrected chi connectivity index (χ2v) is 4.96. The molecule has 0 unspecified atom stereocenters. The summed E-state index contributed by atoms with van der Waals surface area (Å²) in [5.74, 6) is -0.0643. The molecule has 0 saturated heterocycles. The summed E-state index contributed by atoms with van der Waals surface area (Å²) >= 11 is 0. The van der Waals surface area contributed by atoms with E-state index in [1.165, 1.54) is 6.42 Å². The number of carbonyl (C=O) groups is 1. The third-order valence-corrected chi connectivity index (χ3v) is 3.48. The Morgan fingerprint density at radius 2 is 1.89 bits per heavy atom. The zero-order valence-corrected chi connectivity index (χ0v) is 11.3. The molecule has 1 saturated carbocycles.